The first-order chi connectivity index (χ1) is 11.5. The minimum Gasteiger partial charge on any atom is -0.444 e. The van der Waals surface area contributed by atoms with Crippen molar-refractivity contribution in [2.24, 2.45) is 0 Å². The maximum absolute atomic E-state index is 12.4. The van der Waals surface area contributed by atoms with Gasteiger partial charge in [-0.2, -0.15) is 0 Å². The highest BCUT2D eigenvalue weighted by molar-refractivity contribution is 5.68. The lowest BCUT2D eigenvalue weighted by atomic mass is 10.00. The highest BCUT2D eigenvalue weighted by Gasteiger charge is 2.29. The fraction of sp³-hybridized carbons (Fsp3) is 0.650. The van der Waals surface area contributed by atoms with Crippen LogP contribution in [-0.2, 0) is 11.2 Å². The first-order valence-electron chi connectivity index (χ1n) is 9.20. The van der Waals surface area contributed by atoms with E-state index >= 15 is 0 Å². The van der Waals surface area contributed by atoms with Gasteiger partial charge in [-0.05, 0) is 71.5 Å². The number of likely N-dealkylation sites (tertiary alicyclic amines) is 1. The molecule has 0 spiro atoms. The summed E-state index contributed by atoms with van der Waals surface area (Å²) in [4.78, 5) is 14.3. The van der Waals surface area contributed by atoms with Gasteiger partial charge in [0.05, 0.1) is 0 Å². The molecule has 4 heteroatoms. The molecule has 1 aliphatic heterocycles. The summed E-state index contributed by atoms with van der Waals surface area (Å²) in [6.07, 6.45) is 5.25. The first-order valence-corrected chi connectivity index (χ1v) is 9.20. The Hall–Kier alpha value is -1.55. The highest BCUT2D eigenvalue weighted by atomic mass is 16.6. The fourth-order valence-electron chi connectivity index (χ4n) is 3.13. The van der Waals surface area contributed by atoms with Crippen molar-refractivity contribution in [3.63, 3.8) is 0 Å². The van der Waals surface area contributed by atoms with E-state index in [4.69, 9.17) is 4.74 Å². The summed E-state index contributed by atoms with van der Waals surface area (Å²) in [5, 5.41) is 3.51. The molecule has 1 aromatic rings. The van der Waals surface area contributed by atoms with Crippen LogP contribution in [0.4, 0.5) is 4.79 Å². The molecule has 1 atom stereocenters. The third-order valence-corrected chi connectivity index (χ3v) is 4.34. The second-order valence-corrected chi connectivity index (χ2v) is 7.60. The van der Waals surface area contributed by atoms with Crippen LogP contribution >= 0.6 is 0 Å². The van der Waals surface area contributed by atoms with E-state index in [0.717, 1.165) is 45.3 Å². The van der Waals surface area contributed by atoms with Gasteiger partial charge in [0, 0.05) is 12.6 Å². The number of amides is 1. The topological polar surface area (TPSA) is 41.6 Å². The van der Waals surface area contributed by atoms with Crippen molar-refractivity contribution in [1.82, 2.24) is 10.2 Å². The summed E-state index contributed by atoms with van der Waals surface area (Å²) in [6.45, 7) is 8.52. The number of piperidine rings is 1. The van der Waals surface area contributed by atoms with Gasteiger partial charge in [0.15, 0.2) is 0 Å². The first kappa shape index (κ1) is 18.8. The van der Waals surface area contributed by atoms with E-state index in [1.807, 2.05) is 31.7 Å². The Morgan fingerprint density at radius 2 is 1.96 bits per heavy atom. The van der Waals surface area contributed by atoms with Gasteiger partial charge < -0.3 is 15.0 Å². The Bertz CT molecular complexity index is 496. The second-order valence-electron chi connectivity index (χ2n) is 7.60. The van der Waals surface area contributed by atoms with Crippen LogP contribution in [0.2, 0.25) is 0 Å². The van der Waals surface area contributed by atoms with Crippen molar-refractivity contribution in [3.8, 4) is 0 Å². The van der Waals surface area contributed by atoms with Crippen LogP contribution in [0.1, 0.15) is 52.0 Å². The second kappa shape index (κ2) is 9.07. The third kappa shape index (κ3) is 6.52. The van der Waals surface area contributed by atoms with Gasteiger partial charge >= 0.3 is 6.09 Å². The van der Waals surface area contributed by atoms with E-state index < -0.39 is 5.60 Å². The lowest BCUT2D eigenvalue weighted by Gasteiger charge is -2.36. The van der Waals surface area contributed by atoms with E-state index in [-0.39, 0.29) is 6.09 Å². The predicted molar refractivity (Wildman–Crippen MR) is 98.2 cm³/mol. The molecule has 1 fully saturated rings. The van der Waals surface area contributed by atoms with E-state index in [2.05, 4.69) is 29.6 Å². The van der Waals surface area contributed by atoms with Gasteiger partial charge in [-0.25, -0.2) is 4.79 Å². The van der Waals surface area contributed by atoms with Gasteiger partial charge in [0.2, 0.25) is 0 Å². The van der Waals surface area contributed by atoms with Crippen molar-refractivity contribution in [2.75, 3.05) is 19.6 Å². The molecule has 1 heterocycles. The fourth-order valence-corrected chi connectivity index (χ4v) is 3.13. The molecule has 1 unspecified atom stereocenters. The molecule has 0 saturated carbocycles. The molecular formula is C20H32N2O2. The number of rotatable bonds is 6. The molecule has 1 aliphatic rings. The summed E-state index contributed by atoms with van der Waals surface area (Å²) in [7, 11) is 0. The quantitative estimate of drug-likeness (QED) is 0.801. The van der Waals surface area contributed by atoms with Crippen molar-refractivity contribution in [1.29, 1.82) is 0 Å². The summed E-state index contributed by atoms with van der Waals surface area (Å²) < 4.78 is 5.56. The molecule has 0 aliphatic carbocycles. The summed E-state index contributed by atoms with van der Waals surface area (Å²) in [5.41, 5.74) is 0.936. The lowest BCUT2D eigenvalue weighted by Crippen LogP contribution is -2.47. The van der Waals surface area contributed by atoms with Crippen LogP contribution in [-0.4, -0.2) is 42.3 Å². The normalized spacial score (nSPS) is 18.5. The zero-order valence-electron chi connectivity index (χ0n) is 15.4. The van der Waals surface area contributed by atoms with E-state index in [9.17, 15) is 4.79 Å². The van der Waals surface area contributed by atoms with Crippen LogP contribution in [0.25, 0.3) is 0 Å². The Morgan fingerprint density at radius 3 is 2.67 bits per heavy atom. The monoisotopic (exact) mass is 332 g/mol. The van der Waals surface area contributed by atoms with Crippen LogP contribution < -0.4 is 5.32 Å². The molecular weight excluding hydrogens is 300 g/mol. The van der Waals surface area contributed by atoms with Crippen molar-refractivity contribution in [2.45, 2.75) is 64.5 Å². The number of hydrogen-bond donors (Lipinski definition) is 1. The van der Waals surface area contributed by atoms with E-state index in [0.29, 0.717) is 6.04 Å². The number of benzene rings is 1. The van der Waals surface area contributed by atoms with Crippen LogP contribution in [0, 0.1) is 0 Å². The molecule has 1 amide bonds. The molecule has 24 heavy (non-hydrogen) atoms. The molecule has 134 valence electrons. The smallest absolute Gasteiger partial charge is 0.410 e. The van der Waals surface area contributed by atoms with Crippen LogP contribution in [0.5, 0.6) is 0 Å². The maximum atomic E-state index is 12.4. The Labute approximate surface area is 146 Å². The van der Waals surface area contributed by atoms with Gasteiger partial charge in [-0.15, -0.1) is 0 Å². The minimum absolute atomic E-state index is 0.156. The molecule has 0 aromatic heterocycles. The number of carbonyl (C=O) groups is 1. The Balaban J connectivity index is 1.72. The lowest BCUT2D eigenvalue weighted by molar-refractivity contribution is 0.00895. The van der Waals surface area contributed by atoms with Gasteiger partial charge in [0.1, 0.15) is 5.60 Å². The molecule has 1 aromatic carbocycles. The van der Waals surface area contributed by atoms with Crippen molar-refractivity contribution < 1.29 is 9.53 Å². The number of hydrogen-bond acceptors (Lipinski definition) is 3. The zero-order valence-corrected chi connectivity index (χ0v) is 15.4. The highest BCUT2D eigenvalue weighted by Crippen LogP contribution is 2.22. The van der Waals surface area contributed by atoms with Crippen LogP contribution in [0.3, 0.4) is 0 Å². The Kier molecular flexibility index (Phi) is 7.10. The third-order valence-electron chi connectivity index (χ3n) is 4.34. The molecule has 1 N–H and O–H groups in total. The largest absolute Gasteiger partial charge is 0.444 e. The number of ether oxygens (including phenoxy) is 1. The van der Waals surface area contributed by atoms with E-state index in [1.165, 1.54) is 12.0 Å². The van der Waals surface area contributed by atoms with Gasteiger partial charge in [-0.3, -0.25) is 0 Å². The standard InChI is InChI=1S/C20H32N2O2/c1-20(2,3)24-19(23)22-16-8-7-11-18(22)13-15-21-14-12-17-9-5-4-6-10-17/h4-6,9-10,18,21H,7-8,11-16H2,1-3H3. The average Bonchev–Trinajstić information content (AvgIpc) is 2.54. The summed E-state index contributed by atoms with van der Waals surface area (Å²) >= 11 is 0. The predicted octanol–water partition coefficient (Wildman–Crippen LogP) is 4.00. The summed E-state index contributed by atoms with van der Waals surface area (Å²) in [6, 6.07) is 10.8. The van der Waals surface area contributed by atoms with Gasteiger partial charge in [0.25, 0.3) is 0 Å². The van der Waals surface area contributed by atoms with Crippen molar-refractivity contribution in [3.05, 3.63) is 35.9 Å². The minimum atomic E-state index is -0.424. The van der Waals surface area contributed by atoms with E-state index in [1.54, 1.807) is 0 Å². The SMILES string of the molecule is CC(C)(C)OC(=O)N1CCCCC1CCNCCc1ccccc1. The van der Waals surface area contributed by atoms with Gasteiger partial charge in [-0.1, -0.05) is 30.3 Å². The number of carbonyl (C=O) groups excluding carboxylic acids is 1. The van der Waals surface area contributed by atoms with Crippen molar-refractivity contribution >= 4 is 6.09 Å². The molecule has 2 rings (SSSR count). The summed E-state index contributed by atoms with van der Waals surface area (Å²) in [5.74, 6) is 0. The number of nitrogens with zero attached hydrogens (tertiary/aromatic N) is 1. The van der Waals surface area contributed by atoms with Crippen LogP contribution in [0.15, 0.2) is 30.3 Å². The zero-order chi connectivity index (χ0) is 17.4. The maximum Gasteiger partial charge on any atom is 0.410 e. The Morgan fingerprint density at radius 1 is 1.21 bits per heavy atom. The number of nitrogens with one attached hydrogen (secondary N) is 1. The molecule has 1 saturated heterocycles. The average molecular weight is 332 g/mol. The molecule has 4 nitrogen and oxygen atoms in total. The molecule has 0 radical (unpaired) electrons. The molecule has 0 bridgehead atoms.